The first-order valence-electron chi connectivity index (χ1n) is 12.8. The predicted octanol–water partition coefficient (Wildman–Crippen LogP) is 3.21. The molecule has 2 saturated heterocycles. The number of benzene rings is 2. The maximum absolute atomic E-state index is 13.4. The van der Waals surface area contributed by atoms with Gasteiger partial charge in [-0.1, -0.05) is 30.4 Å². The fourth-order valence-electron chi connectivity index (χ4n) is 7.05. The second-order valence-electron chi connectivity index (χ2n) is 10.7. The Morgan fingerprint density at radius 3 is 2.32 bits per heavy atom. The number of hydrogen-bond acceptors (Lipinski definition) is 6. The largest absolute Gasteiger partial charge is 0.495 e. The zero-order valence-corrected chi connectivity index (χ0v) is 20.3. The minimum absolute atomic E-state index is 0.0289. The zero-order chi connectivity index (χ0) is 25.4. The molecule has 6 aliphatic rings. The van der Waals surface area contributed by atoms with Crippen molar-refractivity contribution in [1.29, 1.82) is 0 Å². The predicted molar refractivity (Wildman–Crippen MR) is 133 cm³/mol. The van der Waals surface area contributed by atoms with Gasteiger partial charge in [0.25, 0.3) is 0 Å². The maximum Gasteiger partial charge on any atom is 0.316 e. The minimum atomic E-state index is -0.646. The van der Waals surface area contributed by atoms with Crippen LogP contribution in [0.5, 0.6) is 11.5 Å². The average Bonchev–Trinajstić information content (AvgIpc) is 3.59. The monoisotopic (exact) mass is 498 g/mol. The molecule has 2 aromatic carbocycles. The van der Waals surface area contributed by atoms with Gasteiger partial charge in [0.05, 0.1) is 36.2 Å². The second kappa shape index (κ2) is 8.03. The fourth-order valence-corrected chi connectivity index (χ4v) is 7.05. The lowest BCUT2D eigenvalue weighted by atomic mass is 9.63. The summed E-state index contributed by atoms with van der Waals surface area (Å²) in [4.78, 5) is 55.4. The molecule has 37 heavy (non-hydrogen) atoms. The number of imide groups is 1. The third kappa shape index (κ3) is 3.27. The molecule has 0 unspecified atom stereocenters. The molecule has 2 aliphatic heterocycles. The summed E-state index contributed by atoms with van der Waals surface area (Å²) in [6, 6.07) is 13.7. The molecule has 7 atom stereocenters. The number of amides is 3. The van der Waals surface area contributed by atoms with Crippen LogP contribution in [-0.4, -0.2) is 37.3 Å². The molecule has 4 aliphatic carbocycles. The molecule has 4 fully saturated rings. The van der Waals surface area contributed by atoms with Gasteiger partial charge >= 0.3 is 5.97 Å². The van der Waals surface area contributed by atoms with E-state index in [9.17, 15) is 19.2 Å². The van der Waals surface area contributed by atoms with Crippen LogP contribution in [-0.2, 0) is 19.2 Å². The highest BCUT2D eigenvalue weighted by atomic mass is 16.5. The standard InChI is InChI=1S/C29H26N2O6/c1-36-23-8-3-2-7-22(23)30-14-15(11-24(30)32)29(35)37-17-6-4-5-16(12-17)31-27(33)25-18-9-10-19(21-13-20(18)21)26(25)28(31)34/h2-10,12,15,18-21,25-26H,11,13-14H2,1H3/t15-,18+,19+,20-,21+,25-,26-/m1/s1. The van der Waals surface area contributed by atoms with Crippen LogP contribution in [0.4, 0.5) is 11.4 Å². The Morgan fingerprint density at radius 2 is 1.62 bits per heavy atom. The van der Waals surface area contributed by atoms with E-state index in [1.54, 1.807) is 36.4 Å². The SMILES string of the molecule is COc1ccccc1N1C[C@H](C(=O)Oc2cccc(N3C(=O)[C@@H]4[C@H]5C=C[C@@H]([C@@H]6C[C@H]56)[C@H]4C3=O)c2)CC1=O. The van der Waals surface area contributed by atoms with E-state index in [0.717, 1.165) is 6.42 Å². The molecule has 0 spiro atoms. The van der Waals surface area contributed by atoms with Gasteiger partial charge < -0.3 is 14.4 Å². The first kappa shape index (κ1) is 22.3. The quantitative estimate of drug-likeness (QED) is 0.272. The number of carbonyl (C=O) groups is 4. The number of ether oxygens (including phenoxy) is 2. The van der Waals surface area contributed by atoms with E-state index in [1.807, 2.05) is 12.1 Å². The number of nitrogens with zero attached hydrogens (tertiary/aromatic N) is 2. The van der Waals surface area contributed by atoms with Crippen molar-refractivity contribution in [2.24, 2.45) is 41.4 Å². The number of anilines is 2. The number of para-hydroxylation sites is 2. The molecule has 2 saturated carbocycles. The zero-order valence-electron chi connectivity index (χ0n) is 20.3. The Morgan fingerprint density at radius 1 is 0.919 bits per heavy atom. The van der Waals surface area contributed by atoms with Crippen LogP contribution in [0.3, 0.4) is 0 Å². The summed E-state index contributed by atoms with van der Waals surface area (Å²) in [6.07, 6.45) is 5.43. The van der Waals surface area contributed by atoms with Gasteiger partial charge in [-0.3, -0.25) is 19.2 Å². The summed E-state index contributed by atoms with van der Waals surface area (Å²) in [5, 5.41) is 0. The van der Waals surface area contributed by atoms with Crippen LogP contribution in [0.15, 0.2) is 60.7 Å². The molecule has 2 bridgehead atoms. The second-order valence-corrected chi connectivity index (χ2v) is 10.7. The van der Waals surface area contributed by atoms with Crippen molar-refractivity contribution in [3.8, 4) is 11.5 Å². The molecule has 188 valence electrons. The van der Waals surface area contributed by atoms with Crippen molar-refractivity contribution in [3.63, 3.8) is 0 Å². The highest BCUT2D eigenvalue weighted by Gasteiger charge is 2.67. The van der Waals surface area contributed by atoms with E-state index in [2.05, 4.69) is 12.2 Å². The lowest BCUT2D eigenvalue weighted by Gasteiger charge is -2.37. The van der Waals surface area contributed by atoms with E-state index in [4.69, 9.17) is 9.47 Å². The van der Waals surface area contributed by atoms with Crippen LogP contribution < -0.4 is 19.3 Å². The summed E-state index contributed by atoms with van der Waals surface area (Å²) in [5.41, 5.74) is 1.03. The lowest BCUT2D eigenvalue weighted by molar-refractivity contribution is -0.139. The normalized spacial score (nSPS) is 33.0. The number of carbonyl (C=O) groups excluding carboxylic acids is 4. The molecule has 8 rings (SSSR count). The molecular formula is C29H26N2O6. The van der Waals surface area contributed by atoms with E-state index >= 15 is 0 Å². The van der Waals surface area contributed by atoms with Gasteiger partial charge in [0.1, 0.15) is 11.5 Å². The highest BCUT2D eigenvalue weighted by molar-refractivity contribution is 6.22. The van der Waals surface area contributed by atoms with E-state index in [0.29, 0.717) is 29.0 Å². The van der Waals surface area contributed by atoms with Crippen LogP contribution in [0.1, 0.15) is 12.8 Å². The third-order valence-electron chi connectivity index (χ3n) is 8.79. The molecular weight excluding hydrogens is 472 g/mol. The van der Waals surface area contributed by atoms with Gasteiger partial charge in [-0.15, -0.1) is 0 Å². The van der Waals surface area contributed by atoms with Crippen molar-refractivity contribution in [1.82, 2.24) is 0 Å². The number of methoxy groups -OCH3 is 1. The van der Waals surface area contributed by atoms with Crippen molar-refractivity contribution in [2.75, 3.05) is 23.5 Å². The molecule has 0 aromatic heterocycles. The van der Waals surface area contributed by atoms with Crippen molar-refractivity contribution in [3.05, 3.63) is 60.7 Å². The molecule has 8 nitrogen and oxygen atoms in total. The Hall–Kier alpha value is -3.94. The minimum Gasteiger partial charge on any atom is -0.495 e. The summed E-state index contributed by atoms with van der Waals surface area (Å²) in [6.45, 7) is 0.183. The summed E-state index contributed by atoms with van der Waals surface area (Å²) >= 11 is 0. The van der Waals surface area contributed by atoms with Crippen molar-refractivity contribution >= 4 is 35.1 Å². The van der Waals surface area contributed by atoms with E-state index in [1.165, 1.54) is 16.9 Å². The average molecular weight is 499 g/mol. The first-order valence-corrected chi connectivity index (χ1v) is 12.8. The molecule has 2 aromatic rings. The van der Waals surface area contributed by atoms with Gasteiger partial charge in [0, 0.05) is 19.0 Å². The number of esters is 1. The molecule has 3 amide bonds. The Bertz CT molecular complexity index is 1350. The number of rotatable bonds is 5. The van der Waals surface area contributed by atoms with Crippen LogP contribution in [0.2, 0.25) is 0 Å². The molecule has 0 N–H and O–H groups in total. The van der Waals surface area contributed by atoms with Crippen molar-refractivity contribution < 1.29 is 28.7 Å². The topological polar surface area (TPSA) is 93.2 Å². The Balaban J connectivity index is 1.08. The maximum atomic E-state index is 13.4. The Kier molecular flexibility index (Phi) is 4.83. The van der Waals surface area contributed by atoms with Gasteiger partial charge in [0.2, 0.25) is 17.7 Å². The summed E-state index contributed by atoms with van der Waals surface area (Å²) in [7, 11) is 1.53. The third-order valence-corrected chi connectivity index (χ3v) is 8.79. The van der Waals surface area contributed by atoms with Crippen molar-refractivity contribution in [2.45, 2.75) is 12.8 Å². The van der Waals surface area contributed by atoms with E-state index in [-0.39, 0.29) is 60.1 Å². The summed E-state index contributed by atoms with van der Waals surface area (Å²) in [5.74, 6) is -0.0941. The first-order chi connectivity index (χ1) is 18.0. The molecule has 2 heterocycles. The lowest BCUT2D eigenvalue weighted by Crippen LogP contribution is -2.40. The molecule has 0 radical (unpaired) electrons. The van der Waals surface area contributed by atoms with Gasteiger partial charge in [-0.25, -0.2) is 4.90 Å². The van der Waals surface area contributed by atoms with Crippen LogP contribution in [0, 0.1) is 41.4 Å². The number of allylic oxidation sites excluding steroid dienone is 2. The smallest absolute Gasteiger partial charge is 0.316 e. The van der Waals surface area contributed by atoms with E-state index < -0.39 is 11.9 Å². The summed E-state index contributed by atoms with van der Waals surface area (Å²) < 4.78 is 11.0. The van der Waals surface area contributed by atoms with Gasteiger partial charge in [-0.2, -0.15) is 0 Å². The highest BCUT2D eigenvalue weighted by Crippen LogP contribution is 2.65. The van der Waals surface area contributed by atoms with Gasteiger partial charge in [-0.05, 0) is 54.4 Å². The molecule has 8 heteroatoms. The Labute approximate surface area is 213 Å². The number of hydrogen-bond donors (Lipinski definition) is 0. The van der Waals surface area contributed by atoms with Crippen LogP contribution >= 0.6 is 0 Å². The van der Waals surface area contributed by atoms with Gasteiger partial charge in [0.15, 0.2) is 0 Å². The fraction of sp³-hybridized carbons (Fsp3) is 0.379. The van der Waals surface area contributed by atoms with Crippen LogP contribution in [0.25, 0.3) is 0 Å².